The van der Waals surface area contributed by atoms with Gasteiger partial charge < -0.3 is 20.3 Å². The molecule has 10 heteroatoms. The zero-order valence-electron chi connectivity index (χ0n) is 14.9. The summed E-state index contributed by atoms with van der Waals surface area (Å²) >= 11 is 0. The number of nitrogens with one attached hydrogen (secondary N) is 2. The molecule has 0 aliphatic carbocycles. The maximum absolute atomic E-state index is 10.5. The summed E-state index contributed by atoms with van der Waals surface area (Å²) in [6.07, 6.45) is 6.46. The first-order valence-electron chi connectivity index (χ1n) is 8.70. The number of carboxylic acid groups (broad SMARTS) is 1. The van der Waals surface area contributed by atoms with Gasteiger partial charge in [-0.3, -0.25) is 0 Å². The third-order valence-corrected chi connectivity index (χ3v) is 4.14. The lowest BCUT2D eigenvalue weighted by molar-refractivity contribution is 0.194. The predicted octanol–water partition coefficient (Wildman–Crippen LogP) is 2.41. The normalized spacial score (nSPS) is 10.9. The van der Waals surface area contributed by atoms with Gasteiger partial charge in [-0.2, -0.15) is 10.1 Å². The third-order valence-electron chi connectivity index (χ3n) is 4.14. The number of amides is 1. The minimum absolute atomic E-state index is 0.389. The van der Waals surface area contributed by atoms with Crippen molar-refractivity contribution in [3.05, 3.63) is 55.4 Å². The highest BCUT2D eigenvalue weighted by Crippen LogP contribution is 2.19. The van der Waals surface area contributed by atoms with Gasteiger partial charge in [0, 0.05) is 36.6 Å². The van der Waals surface area contributed by atoms with Gasteiger partial charge >= 0.3 is 6.09 Å². The summed E-state index contributed by atoms with van der Waals surface area (Å²) in [6.45, 7) is 1.04. The van der Waals surface area contributed by atoms with Crippen molar-refractivity contribution < 1.29 is 9.90 Å². The lowest BCUT2D eigenvalue weighted by Gasteiger charge is -2.09. The maximum atomic E-state index is 10.5. The van der Waals surface area contributed by atoms with Crippen LogP contribution in [0.3, 0.4) is 0 Å². The van der Waals surface area contributed by atoms with Crippen LogP contribution in [0.2, 0.25) is 0 Å². The number of nitrogens with zero attached hydrogens (tertiary/aromatic N) is 6. The van der Waals surface area contributed by atoms with Crippen LogP contribution in [-0.2, 0) is 6.54 Å². The SMILES string of the molecule is O=C(O)NCCCn1ccc2cnc(Nc3cccc(-n4cncn4)c3)nc21. The third kappa shape index (κ3) is 3.90. The molecule has 4 aromatic rings. The van der Waals surface area contributed by atoms with E-state index < -0.39 is 6.09 Å². The quantitative estimate of drug-likeness (QED) is 0.422. The summed E-state index contributed by atoms with van der Waals surface area (Å²) in [7, 11) is 0. The largest absolute Gasteiger partial charge is 0.465 e. The van der Waals surface area contributed by atoms with Crippen LogP contribution in [0.4, 0.5) is 16.4 Å². The molecule has 0 spiro atoms. The van der Waals surface area contributed by atoms with Crippen LogP contribution in [0.5, 0.6) is 0 Å². The van der Waals surface area contributed by atoms with Crippen LogP contribution in [-0.4, -0.2) is 47.0 Å². The smallest absolute Gasteiger partial charge is 0.404 e. The van der Waals surface area contributed by atoms with E-state index in [9.17, 15) is 4.79 Å². The Labute approximate surface area is 159 Å². The van der Waals surface area contributed by atoms with Crippen molar-refractivity contribution in [1.29, 1.82) is 0 Å². The second kappa shape index (κ2) is 7.74. The van der Waals surface area contributed by atoms with Crippen LogP contribution < -0.4 is 10.6 Å². The van der Waals surface area contributed by atoms with Crippen LogP contribution in [0.25, 0.3) is 16.7 Å². The molecule has 0 aliphatic rings. The van der Waals surface area contributed by atoms with Crippen molar-refractivity contribution in [1.82, 2.24) is 34.6 Å². The molecule has 3 aromatic heterocycles. The molecule has 0 bridgehead atoms. The number of rotatable bonds is 7. The average molecular weight is 378 g/mol. The molecule has 3 N–H and O–H groups in total. The number of carbonyl (C=O) groups is 1. The minimum atomic E-state index is -1.01. The Morgan fingerprint density at radius 1 is 1.25 bits per heavy atom. The highest BCUT2D eigenvalue weighted by Gasteiger charge is 2.07. The van der Waals surface area contributed by atoms with Gasteiger partial charge in [-0.1, -0.05) is 6.07 Å². The summed E-state index contributed by atoms with van der Waals surface area (Å²) in [5, 5.41) is 19.3. The molecule has 1 amide bonds. The Morgan fingerprint density at radius 3 is 3.00 bits per heavy atom. The highest BCUT2D eigenvalue weighted by molar-refractivity contribution is 5.76. The van der Waals surface area contributed by atoms with E-state index in [0.717, 1.165) is 22.4 Å². The molecule has 0 saturated heterocycles. The fourth-order valence-electron chi connectivity index (χ4n) is 2.85. The summed E-state index contributed by atoms with van der Waals surface area (Å²) in [6, 6.07) is 9.63. The predicted molar refractivity (Wildman–Crippen MR) is 103 cm³/mol. The average Bonchev–Trinajstić information content (AvgIpc) is 3.36. The number of fused-ring (bicyclic) bond motifs is 1. The fraction of sp³-hybridized carbons (Fsp3) is 0.167. The van der Waals surface area contributed by atoms with Crippen molar-refractivity contribution >= 4 is 28.8 Å². The minimum Gasteiger partial charge on any atom is -0.465 e. The first-order chi connectivity index (χ1) is 13.7. The lowest BCUT2D eigenvalue weighted by Crippen LogP contribution is -2.22. The van der Waals surface area contributed by atoms with Gasteiger partial charge in [0.15, 0.2) is 0 Å². The summed E-state index contributed by atoms with van der Waals surface area (Å²) in [4.78, 5) is 23.5. The molecule has 0 unspecified atom stereocenters. The number of anilines is 2. The molecule has 4 rings (SSSR count). The van der Waals surface area contributed by atoms with Gasteiger partial charge in [0.05, 0.1) is 5.69 Å². The maximum Gasteiger partial charge on any atom is 0.404 e. The summed E-state index contributed by atoms with van der Waals surface area (Å²) in [5.74, 6) is 0.479. The number of benzene rings is 1. The van der Waals surface area contributed by atoms with Crippen molar-refractivity contribution in [3.8, 4) is 5.69 Å². The molecule has 0 saturated carbocycles. The zero-order chi connectivity index (χ0) is 19.3. The van der Waals surface area contributed by atoms with Crippen LogP contribution in [0, 0.1) is 0 Å². The molecule has 28 heavy (non-hydrogen) atoms. The molecule has 0 atom stereocenters. The van der Waals surface area contributed by atoms with Gasteiger partial charge in [0.1, 0.15) is 18.3 Å². The Bertz CT molecular complexity index is 1090. The molecule has 142 valence electrons. The molecule has 3 heterocycles. The van der Waals surface area contributed by atoms with E-state index in [4.69, 9.17) is 5.11 Å². The number of aryl methyl sites for hydroxylation is 1. The van der Waals surface area contributed by atoms with Gasteiger partial charge in [0.2, 0.25) is 5.95 Å². The van der Waals surface area contributed by atoms with Crippen LogP contribution in [0.15, 0.2) is 55.4 Å². The van der Waals surface area contributed by atoms with E-state index >= 15 is 0 Å². The topological polar surface area (TPSA) is 123 Å². The number of hydrogen-bond donors (Lipinski definition) is 3. The van der Waals surface area contributed by atoms with Crippen LogP contribution in [0.1, 0.15) is 6.42 Å². The van der Waals surface area contributed by atoms with Crippen molar-refractivity contribution in [2.75, 3.05) is 11.9 Å². The van der Waals surface area contributed by atoms with Crippen molar-refractivity contribution in [3.63, 3.8) is 0 Å². The monoisotopic (exact) mass is 378 g/mol. The molecule has 10 nitrogen and oxygen atoms in total. The fourth-order valence-corrected chi connectivity index (χ4v) is 2.85. The lowest BCUT2D eigenvalue weighted by atomic mass is 10.3. The van der Waals surface area contributed by atoms with E-state index in [2.05, 4.69) is 30.7 Å². The molecular weight excluding hydrogens is 360 g/mol. The Balaban J connectivity index is 1.51. The first-order valence-corrected chi connectivity index (χ1v) is 8.70. The van der Waals surface area contributed by atoms with E-state index in [0.29, 0.717) is 25.5 Å². The molecule has 1 aromatic carbocycles. The van der Waals surface area contributed by atoms with Gasteiger partial charge in [0.25, 0.3) is 0 Å². The molecule has 0 fully saturated rings. The van der Waals surface area contributed by atoms with E-state index in [1.54, 1.807) is 17.2 Å². The highest BCUT2D eigenvalue weighted by atomic mass is 16.4. The summed E-state index contributed by atoms with van der Waals surface area (Å²) < 4.78 is 3.66. The second-order valence-corrected chi connectivity index (χ2v) is 6.08. The van der Waals surface area contributed by atoms with E-state index in [1.807, 2.05) is 41.1 Å². The second-order valence-electron chi connectivity index (χ2n) is 6.08. The number of hydrogen-bond acceptors (Lipinski definition) is 6. The van der Waals surface area contributed by atoms with Gasteiger partial charge in [-0.15, -0.1) is 0 Å². The van der Waals surface area contributed by atoms with E-state index in [1.165, 1.54) is 6.33 Å². The standard InChI is InChI=1S/C18H18N8O2/c27-18(28)20-6-2-7-25-8-5-13-10-21-17(24-16(13)25)23-14-3-1-4-15(9-14)26-12-19-11-22-26/h1,3-5,8-12,20H,2,6-7H2,(H,27,28)(H,21,23,24). The summed E-state index contributed by atoms with van der Waals surface area (Å²) in [5.41, 5.74) is 2.49. The van der Waals surface area contributed by atoms with Crippen molar-refractivity contribution in [2.24, 2.45) is 0 Å². The Morgan fingerprint density at radius 2 is 2.18 bits per heavy atom. The van der Waals surface area contributed by atoms with Gasteiger partial charge in [-0.25, -0.2) is 19.4 Å². The van der Waals surface area contributed by atoms with Crippen LogP contribution >= 0.6 is 0 Å². The Hall–Kier alpha value is -3.95. The molecular formula is C18H18N8O2. The Kier molecular flexibility index (Phi) is 4.83. The van der Waals surface area contributed by atoms with E-state index in [-0.39, 0.29) is 0 Å². The van der Waals surface area contributed by atoms with Gasteiger partial charge in [-0.05, 0) is 30.7 Å². The first kappa shape index (κ1) is 17.5. The number of aromatic nitrogens is 6. The molecule has 0 aliphatic heterocycles. The molecule has 0 radical (unpaired) electrons. The zero-order valence-corrected chi connectivity index (χ0v) is 14.9. The van der Waals surface area contributed by atoms with Crippen molar-refractivity contribution in [2.45, 2.75) is 13.0 Å².